The van der Waals surface area contributed by atoms with Gasteiger partial charge in [-0.15, -0.1) is 0 Å². The Balaban J connectivity index is 2.48. The van der Waals surface area contributed by atoms with Crippen LogP contribution < -0.4 is 5.32 Å². The smallest absolute Gasteiger partial charge is 0.325 e. The molecule has 0 bridgehead atoms. The maximum Gasteiger partial charge on any atom is 0.325 e. The summed E-state index contributed by atoms with van der Waals surface area (Å²) in [5.74, 6) is -0.878. The van der Waals surface area contributed by atoms with E-state index in [0.29, 0.717) is 13.2 Å². The van der Waals surface area contributed by atoms with Gasteiger partial charge >= 0.3 is 5.97 Å². The van der Waals surface area contributed by atoms with Crippen LogP contribution in [0.3, 0.4) is 0 Å². The van der Waals surface area contributed by atoms with E-state index in [1.54, 1.807) is 12.1 Å². The van der Waals surface area contributed by atoms with Crippen molar-refractivity contribution in [3.63, 3.8) is 0 Å². The lowest BCUT2D eigenvalue weighted by Crippen LogP contribution is -2.33. The molecule has 1 aromatic rings. The molecule has 0 fully saturated rings. The van der Waals surface area contributed by atoms with Crippen molar-refractivity contribution in [3.05, 3.63) is 35.9 Å². The zero-order chi connectivity index (χ0) is 13.6. The molecule has 0 aliphatic rings. The standard InChI is InChI=1S/C14H21NO3/c1-14(2,3)18-10-9-15-12(13(16)17)11-7-5-4-6-8-11/h4-8,12,15H,9-10H2,1-3H3,(H,16,17). The Morgan fingerprint density at radius 3 is 2.44 bits per heavy atom. The largest absolute Gasteiger partial charge is 0.480 e. The molecule has 1 rings (SSSR count). The van der Waals surface area contributed by atoms with Crippen molar-refractivity contribution in [1.82, 2.24) is 5.32 Å². The molecule has 0 spiro atoms. The van der Waals surface area contributed by atoms with E-state index in [4.69, 9.17) is 4.74 Å². The molecule has 1 atom stereocenters. The summed E-state index contributed by atoms with van der Waals surface area (Å²) < 4.78 is 5.54. The first-order valence-corrected chi connectivity index (χ1v) is 6.05. The quantitative estimate of drug-likeness (QED) is 0.761. The minimum Gasteiger partial charge on any atom is -0.480 e. The lowest BCUT2D eigenvalue weighted by molar-refractivity contribution is -0.139. The third-order valence-electron chi connectivity index (χ3n) is 2.37. The van der Waals surface area contributed by atoms with E-state index in [2.05, 4.69) is 5.32 Å². The lowest BCUT2D eigenvalue weighted by Gasteiger charge is -2.21. The monoisotopic (exact) mass is 251 g/mol. The maximum absolute atomic E-state index is 11.2. The van der Waals surface area contributed by atoms with Crippen molar-refractivity contribution in [2.75, 3.05) is 13.2 Å². The Morgan fingerprint density at radius 2 is 1.94 bits per heavy atom. The van der Waals surface area contributed by atoms with E-state index in [-0.39, 0.29) is 5.60 Å². The van der Waals surface area contributed by atoms with Gasteiger partial charge in [-0.25, -0.2) is 0 Å². The van der Waals surface area contributed by atoms with Gasteiger partial charge in [-0.05, 0) is 26.3 Å². The Labute approximate surface area is 108 Å². The molecular weight excluding hydrogens is 230 g/mol. The van der Waals surface area contributed by atoms with E-state index in [9.17, 15) is 9.90 Å². The summed E-state index contributed by atoms with van der Waals surface area (Å²) in [4.78, 5) is 11.2. The van der Waals surface area contributed by atoms with Gasteiger partial charge in [-0.3, -0.25) is 10.1 Å². The summed E-state index contributed by atoms with van der Waals surface area (Å²) >= 11 is 0. The molecule has 2 N–H and O–H groups in total. The third-order valence-corrected chi connectivity index (χ3v) is 2.37. The number of rotatable bonds is 6. The molecule has 1 aromatic carbocycles. The molecule has 18 heavy (non-hydrogen) atoms. The average Bonchev–Trinajstić information content (AvgIpc) is 2.28. The predicted molar refractivity (Wildman–Crippen MR) is 70.5 cm³/mol. The van der Waals surface area contributed by atoms with Gasteiger partial charge in [0.05, 0.1) is 12.2 Å². The summed E-state index contributed by atoms with van der Waals surface area (Å²) in [6.07, 6.45) is 0. The Morgan fingerprint density at radius 1 is 1.33 bits per heavy atom. The van der Waals surface area contributed by atoms with Gasteiger partial charge in [0.2, 0.25) is 0 Å². The molecule has 0 saturated heterocycles. The summed E-state index contributed by atoms with van der Waals surface area (Å²) in [6, 6.07) is 8.45. The first kappa shape index (κ1) is 14.7. The molecule has 0 heterocycles. The molecular formula is C14H21NO3. The van der Waals surface area contributed by atoms with Crippen LogP contribution in [-0.4, -0.2) is 29.8 Å². The molecule has 0 amide bonds. The van der Waals surface area contributed by atoms with Crippen molar-refractivity contribution in [1.29, 1.82) is 0 Å². The van der Waals surface area contributed by atoms with Crippen LogP contribution in [0.4, 0.5) is 0 Å². The van der Waals surface area contributed by atoms with Gasteiger partial charge in [0.1, 0.15) is 6.04 Å². The van der Waals surface area contributed by atoms with E-state index in [1.807, 2.05) is 39.0 Å². The van der Waals surface area contributed by atoms with Gasteiger partial charge < -0.3 is 9.84 Å². The van der Waals surface area contributed by atoms with Crippen LogP contribution in [0, 0.1) is 0 Å². The highest BCUT2D eigenvalue weighted by Crippen LogP contribution is 2.12. The van der Waals surface area contributed by atoms with Crippen LogP contribution in [0.15, 0.2) is 30.3 Å². The fourth-order valence-electron chi connectivity index (χ4n) is 1.55. The summed E-state index contributed by atoms with van der Waals surface area (Å²) in [6.45, 7) is 6.90. The number of carboxylic acids is 1. The Bertz CT molecular complexity index is 370. The zero-order valence-electron chi connectivity index (χ0n) is 11.1. The number of carbonyl (C=O) groups is 1. The first-order valence-electron chi connectivity index (χ1n) is 6.05. The molecule has 4 nitrogen and oxygen atoms in total. The van der Waals surface area contributed by atoms with Crippen molar-refractivity contribution in [2.24, 2.45) is 0 Å². The van der Waals surface area contributed by atoms with Gasteiger partial charge in [-0.1, -0.05) is 30.3 Å². The highest BCUT2D eigenvalue weighted by molar-refractivity contribution is 5.75. The van der Waals surface area contributed by atoms with Crippen molar-refractivity contribution in [2.45, 2.75) is 32.4 Å². The molecule has 1 unspecified atom stereocenters. The number of ether oxygens (including phenoxy) is 1. The number of nitrogens with one attached hydrogen (secondary N) is 1. The summed E-state index contributed by atoms with van der Waals surface area (Å²) in [5, 5.41) is 12.2. The molecule has 0 radical (unpaired) electrons. The average molecular weight is 251 g/mol. The van der Waals surface area contributed by atoms with Gasteiger partial charge in [0, 0.05) is 6.54 Å². The van der Waals surface area contributed by atoms with E-state index in [1.165, 1.54) is 0 Å². The van der Waals surface area contributed by atoms with Crippen molar-refractivity contribution in [3.8, 4) is 0 Å². The second-order valence-electron chi connectivity index (χ2n) is 5.10. The normalized spacial score (nSPS) is 13.3. The van der Waals surface area contributed by atoms with E-state index < -0.39 is 12.0 Å². The van der Waals surface area contributed by atoms with E-state index >= 15 is 0 Å². The zero-order valence-corrected chi connectivity index (χ0v) is 11.1. The number of benzene rings is 1. The molecule has 0 aliphatic heterocycles. The number of aliphatic carboxylic acids is 1. The molecule has 0 saturated carbocycles. The van der Waals surface area contributed by atoms with Gasteiger partial charge in [-0.2, -0.15) is 0 Å². The molecule has 0 aliphatic carbocycles. The maximum atomic E-state index is 11.2. The number of hydrogen-bond acceptors (Lipinski definition) is 3. The number of carboxylic acid groups (broad SMARTS) is 1. The summed E-state index contributed by atoms with van der Waals surface area (Å²) in [7, 11) is 0. The van der Waals surface area contributed by atoms with Crippen LogP contribution in [-0.2, 0) is 9.53 Å². The lowest BCUT2D eigenvalue weighted by atomic mass is 10.1. The second kappa shape index (κ2) is 6.52. The summed E-state index contributed by atoms with van der Waals surface area (Å²) in [5.41, 5.74) is 0.549. The van der Waals surface area contributed by atoms with Gasteiger partial charge in [0.15, 0.2) is 0 Å². The molecule has 0 aromatic heterocycles. The topological polar surface area (TPSA) is 58.6 Å². The van der Waals surface area contributed by atoms with E-state index in [0.717, 1.165) is 5.56 Å². The Kier molecular flexibility index (Phi) is 5.31. The van der Waals surface area contributed by atoms with Gasteiger partial charge in [0.25, 0.3) is 0 Å². The molecule has 4 heteroatoms. The van der Waals surface area contributed by atoms with Crippen LogP contribution >= 0.6 is 0 Å². The highest BCUT2D eigenvalue weighted by Gasteiger charge is 2.18. The van der Waals surface area contributed by atoms with Crippen LogP contribution in [0.25, 0.3) is 0 Å². The van der Waals surface area contributed by atoms with Crippen LogP contribution in [0.2, 0.25) is 0 Å². The second-order valence-corrected chi connectivity index (χ2v) is 5.10. The Hall–Kier alpha value is -1.39. The van der Waals surface area contributed by atoms with Crippen LogP contribution in [0.1, 0.15) is 32.4 Å². The fraction of sp³-hybridized carbons (Fsp3) is 0.500. The fourth-order valence-corrected chi connectivity index (χ4v) is 1.55. The highest BCUT2D eigenvalue weighted by atomic mass is 16.5. The minimum atomic E-state index is -0.878. The number of hydrogen-bond donors (Lipinski definition) is 2. The van der Waals surface area contributed by atoms with Crippen molar-refractivity contribution < 1.29 is 14.6 Å². The third kappa shape index (κ3) is 5.29. The van der Waals surface area contributed by atoms with Crippen LogP contribution in [0.5, 0.6) is 0 Å². The minimum absolute atomic E-state index is 0.201. The predicted octanol–water partition coefficient (Wildman–Crippen LogP) is 2.22. The molecule has 100 valence electrons. The first-order chi connectivity index (χ1) is 8.40. The SMILES string of the molecule is CC(C)(C)OCCNC(C(=O)O)c1ccccc1. The van der Waals surface area contributed by atoms with Crippen molar-refractivity contribution >= 4 is 5.97 Å².